The Labute approximate surface area is 151 Å². The molecule has 0 atom stereocenters. The molecule has 0 aliphatic carbocycles. The zero-order valence-corrected chi connectivity index (χ0v) is 13.9. The summed E-state index contributed by atoms with van der Waals surface area (Å²) in [7, 11) is 0. The third-order valence-corrected chi connectivity index (χ3v) is 4.21. The molecule has 0 aliphatic heterocycles. The van der Waals surface area contributed by atoms with Crippen molar-refractivity contribution >= 4 is 34.9 Å². The van der Waals surface area contributed by atoms with E-state index in [1.165, 1.54) is 35.1 Å². The van der Waals surface area contributed by atoms with E-state index in [0.717, 1.165) is 0 Å². The fraction of sp³-hybridized carbons (Fsp3) is 0. The van der Waals surface area contributed by atoms with Crippen LogP contribution >= 0.6 is 23.2 Å². The Kier molecular flexibility index (Phi) is 4.43. The lowest BCUT2D eigenvalue weighted by atomic mass is 10.1. The third kappa shape index (κ3) is 3.19. The molecule has 0 radical (unpaired) electrons. The summed E-state index contributed by atoms with van der Waals surface area (Å²) in [5.41, 5.74) is 0.182. The van der Waals surface area contributed by atoms with Gasteiger partial charge < -0.3 is 5.11 Å². The summed E-state index contributed by atoms with van der Waals surface area (Å²) in [6.07, 6.45) is 1.27. The van der Waals surface area contributed by atoms with Gasteiger partial charge >= 0.3 is 5.97 Å². The smallest absolute Gasteiger partial charge is 0.339 e. The third-order valence-electron chi connectivity index (χ3n) is 3.47. The molecule has 0 bridgehead atoms. The second-order valence-corrected chi connectivity index (χ2v) is 5.83. The van der Waals surface area contributed by atoms with Gasteiger partial charge in [0.05, 0.1) is 26.2 Å². The van der Waals surface area contributed by atoms with E-state index in [2.05, 4.69) is 5.10 Å². The number of aromatic nitrogens is 2. The van der Waals surface area contributed by atoms with Crippen molar-refractivity contribution in [1.29, 1.82) is 0 Å². The number of hydrogen-bond donors (Lipinski definition) is 1. The Morgan fingerprint density at radius 1 is 1.16 bits per heavy atom. The van der Waals surface area contributed by atoms with Crippen molar-refractivity contribution in [1.82, 2.24) is 9.78 Å². The molecule has 9 heteroatoms. The second kappa shape index (κ2) is 6.54. The van der Waals surface area contributed by atoms with Crippen molar-refractivity contribution in [2.24, 2.45) is 0 Å². The van der Waals surface area contributed by atoms with Crippen LogP contribution in [0.4, 0.5) is 5.69 Å². The average molecular weight is 378 g/mol. The normalized spacial score (nSPS) is 10.6. The van der Waals surface area contributed by atoms with Gasteiger partial charge in [-0.2, -0.15) is 5.10 Å². The van der Waals surface area contributed by atoms with Gasteiger partial charge in [0.1, 0.15) is 11.3 Å². The highest BCUT2D eigenvalue weighted by molar-refractivity contribution is 6.42. The van der Waals surface area contributed by atoms with Gasteiger partial charge in [-0.15, -0.1) is 0 Å². The van der Waals surface area contributed by atoms with E-state index in [-0.39, 0.29) is 27.5 Å². The second-order valence-electron chi connectivity index (χ2n) is 5.01. The first-order valence-electron chi connectivity index (χ1n) is 6.90. The number of nitrogens with zero attached hydrogens (tertiary/aromatic N) is 3. The lowest BCUT2D eigenvalue weighted by Gasteiger charge is -2.03. The molecule has 3 rings (SSSR count). The Morgan fingerprint density at radius 2 is 1.88 bits per heavy atom. The fourth-order valence-corrected chi connectivity index (χ4v) is 2.61. The van der Waals surface area contributed by atoms with Gasteiger partial charge in [0.2, 0.25) is 0 Å². The molecule has 0 saturated heterocycles. The monoisotopic (exact) mass is 377 g/mol. The summed E-state index contributed by atoms with van der Waals surface area (Å²) in [6, 6.07) is 10.5. The predicted molar refractivity (Wildman–Crippen MR) is 92.6 cm³/mol. The topological polar surface area (TPSA) is 98.3 Å². The number of carbonyl (C=O) groups is 1. The molecule has 126 valence electrons. The molecular weight excluding hydrogens is 369 g/mol. The minimum atomic E-state index is -1.25. The molecule has 2 aromatic carbocycles. The van der Waals surface area contributed by atoms with E-state index in [0.29, 0.717) is 10.7 Å². The maximum atomic E-state index is 11.6. The number of aromatic carboxylic acids is 1. The van der Waals surface area contributed by atoms with Gasteiger partial charge in [-0.25, -0.2) is 9.48 Å². The molecule has 25 heavy (non-hydrogen) atoms. The number of carboxylic acids is 1. The van der Waals surface area contributed by atoms with E-state index in [9.17, 15) is 20.0 Å². The van der Waals surface area contributed by atoms with Gasteiger partial charge in [-0.3, -0.25) is 10.1 Å². The van der Waals surface area contributed by atoms with Crippen LogP contribution in [-0.2, 0) is 0 Å². The molecule has 1 aromatic heterocycles. The van der Waals surface area contributed by atoms with Crippen molar-refractivity contribution in [2.45, 2.75) is 0 Å². The van der Waals surface area contributed by atoms with Crippen LogP contribution in [0.3, 0.4) is 0 Å². The summed E-state index contributed by atoms with van der Waals surface area (Å²) in [5, 5.41) is 25.5. The van der Waals surface area contributed by atoms with Gasteiger partial charge in [0.25, 0.3) is 5.69 Å². The molecule has 0 saturated carbocycles. The van der Waals surface area contributed by atoms with E-state index in [4.69, 9.17) is 23.2 Å². The first-order valence-corrected chi connectivity index (χ1v) is 7.66. The summed E-state index contributed by atoms with van der Waals surface area (Å²) < 4.78 is 1.29. The molecule has 7 nitrogen and oxygen atoms in total. The van der Waals surface area contributed by atoms with Crippen LogP contribution in [0.25, 0.3) is 16.9 Å². The SMILES string of the molecule is O=C(O)c1cn(-c2ccc(Cl)c(Cl)c2)nc1-c1ccccc1[N+](=O)[O-]. The number of halogens is 2. The van der Waals surface area contributed by atoms with Crippen LogP contribution in [0, 0.1) is 10.1 Å². The van der Waals surface area contributed by atoms with E-state index in [1.807, 2.05) is 0 Å². The highest BCUT2D eigenvalue weighted by Crippen LogP contribution is 2.32. The van der Waals surface area contributed by atoms with Crippen LogP contribution in [0.1, 0.15) is 10.4 Å². The summed E-state index contributed by atoms with van der Waals surface area (Å²) in [6.45, 7) is 0. The van der Waals surface area contributed by atoms with Gasteiger partial charge in [-0.05, 0) is 24.3 Å². The number of nitro groups is 1. The first-order chi connectivity index (χ1) is 11.9. The highest BCUT2D eigenvalue weighted by Gasteiger charge is 2.24. The number of hydrogen-bond acceptors (Lipinski definition) is 4. The molecule has 0 amide bonds. The number of para-hydroxylation sites is 1. The maximum absolute atomic E-state index is 11.6. The predicted octanol–water partition coefficient (Wildman–Crippen LogP) is 4.45. The lowest BCUT2D eigenvalue weighted by Crippen LogP contribution is -1.99. The van der Waals surface area contributed by atoms with E-state index < -0.39 is 10.9 Å². The molecule has 0 spiro atoms. The van der Waals surface area contributed by atoms with Crippen molar-refractivity contribution in [3.63, 3.8) is 0 Å². The molecule has 0 unspecified atom stereocenters. The van der Waals surface area contributed by atoms with Crippen LogP contribution < -0.4 is 0 Å². The summed E-state index contributed by atoms with van der Waals surface area (Å²) in [5.74, 6) is -1.25. The fourth-order valence-electron chi connectivity index (χ4n) is 2.32. The largest absolute Gasteiger partial charge is 0.478 e. The highest BCUT2D eigenvalue weighted by atomic mass is 35.5. The van der Waals surface area contributed by atoms with Crippen molar-refractivity contribution < 1.29 is 14.8 Å². The van der Waals surface area contributed by atoms with Gasteiger partial charge in [-0.1, -0.05) is 35.3 Å². The van der Waals surface area contributed by atoms with E-state index in [1.54, 1.807) is 18.2 Å². The van der Waals surface area contributed by atoms with Crippen LogP contribution in [0.2, 0.25) is 10.0 Å². The Hall–Kier alpha value is -2.90. The average Bonchev–Trinajstić information content (AvgIpc) is 3.02. The van der Waals surface area contributed by atoms with Crippen molar-refractivity contribution in [2.75, 3.05) is 0 Å². The number of carboxylic acid groups (broad SMARTS) is 1. The molecule has 0 fully saturated rings. The Morgan fingerprint density at radius 3 is 2.52 bits per heavy atom. The first kappa shape index (κ1) is 16.9. The van der Waals surface area contributed by atoms with Crippen LogP contribution in [-0.4, -0.2) is 25.8 Å². The quantitative estimate of drug-likeness (QED) is 0.534. The molecule has 1 N–H and O–H groups in total. The van der Waals surface area contributed by atoms with Crippen LogP contribution in [0.5, 0.6) is 0 Å². The van der Waals surface area contributed by atoms with Crippen molar-refractivity contribution in [3.05, 3.63) is 74.4 Å². The molecule has 3 aromatic rings. The van der Waals surface area contributed by atoms with Gasteiger partial charge in [0, 0.05) is 12.3 Å². The Balaban J connectivity index is 2.21. The summed E-state index contributed by atoms with van der Waals surface area (Å²) >= 11 is 11.9. The number of rotatable bonds is 4. The zero-order chi connectivity index (χ0) is 18.1. The number of nitro benzene ring substituents is 1. The molecule has 0 aliphatic rings. The number of benzene rings is 2. The maximum Gasteiger partial charge on any atom is 0.339 e. The molecular formula is C16H9Cl2N3O4. The molecule has 1 heterocycles. The Bertz CT molecular complexity index is 1000. The minimum Gasteiger partial charge on any atom is -0.478 e. The summed E-state index contributed by atoms with van der Waals surface area (Å²) in [4.78, 5) is 22.2. The zero-order valence-electron chi connectivity index (χ0n) is 12.4. The van der Waals surface area contributed by atoms with Crippen molar-refractivity contribution in [3.8, 4) is 16.9 Å². The van der Waals surface area contributed by atoms with Crippen LogP contribution in [0.15, 0.2) is 48.7 Å². The van der Waals surface area contributed by atoms with E-state index >= 15 is 0 Å². The standard InChI is InChI=1S/C16H9Cl2N3O4/c17-12-6-5-9(7-13(12)18)20-8-11(16(22)23)15(19-20)10-3-1-2-4-14(10)21(24)25/h1-8H,(H,22,23). The lowest BCUT2D eigenvalue weighted by molar-refractivity contribution is -0.384. The minimum absolute atomic E-state index is 0.00845. The van der Waals surface area contributed by atoms with Gasteiger partial charge in [0.15, 0.2) is 0 Å².